The van der Waals surface area contributed by atoms with Crippen molar-refractivity contribution < 1.29 is 27.5 Å². The van der Waals surface area contributed by atoms with Crippen LogP contribution in [0.25, 0.3) is 0 Å². The fraction of sp³-hybridized carbons (Fsp3) is 0.535. The average Bonchev–Trinajstić information content (AvgIpc) is 3.14. The molecule has 3 aromatic rings. The van der Waals surface area contributed by atoms with Gasteiger partial charge in [-0.1, -0.05) is 135 Å². The number of halogens is 1. The molecule has 0 N–H and O–H groups in total. The van der Waals surface area contributed by atoms with Crippen LogP contribution in [0.5, 0.6) is 5.75 Å². The van der Waals surface area contributed by atoms with E-state index < -0.39 is 16.9 Å². The van der Waals surface area contributed by atoms with Crippen molar-refractivity contribution in [3.63, 3.8) is 0 Å². The molecule has 6 atom stereocenters. The van der Waals surface area contributed by atoms with E-state index in [4.69, 9.17) is 27.5 Å². The van der Waals surface area contributed by atoms with E-state index in [0.717, 1.165) is 47.8 Å². The number of hydrogen-bond acceptors (Lipinski definition) is 6. The van der Waals surface area contributed by atoms with Gasteiger partial charge in [-0.3, -0.25) is 0 Å². The van der Waals surface area contributed by atoms with Gasteiger partial charge >= 0.3 is 8.56 Å². The first kappa shape index (κ1) is 41.3. The number of hydrogen-bond donors (Lipinski definition) is 0. The van der Waals surface area contributed by atoms with Gasteiger partial charge in [0.2, 0.25) is 0 Å². The van der Waals surface area contributed by atoms with Gasteiger partial charge in [-0.05, 0) is 84.7 Å². The van der Waals surface area contributed by atoms with Crippen molar-refractivity contribution in [1.82, 2.24) is 0 Å². The second-order valence-electron chi connectivity index (χ2n) is 16.0. The Hall–Kier alpha value is -1.84. The van der Waals surface area contributed by atoms with Crippen molar-refractivity contribution >= 4 is 49.8 Å². The highest BCUT2D eigenvalue weighted by molar-refractivity contribution is 14.1. The van der Waals surface area contributed by atoms with Crippen LogP contribution in [-0.4, -0.2) is 65.5 Å². The van der Waals surface area contributed by atoms with E-state index in [2.05, 4.69) is 148 Å². The van der Waals surface area contributed by atoms with Crippen LogP contribution in [0.4, 0.5) is 0 Å². The standard InChI is InChI=1S/C43H61IO6Si2/c1-33-21-24-36(27-28-37(29-38-15-14-16-39(30-44)48-38)46-31-34-22-25-35(45-5)26-23-34)49-51(6,7)50-42(33)32-47-52(43(2,3)4,40-17-10-8-11-18-40)41-19-12-9-13-20-41/h8-13,17-26,33,36-39,42H,14-16,27-32H2,1-7H3/t33-,36-,37+,38+,39+,42+/m1/s1. The zero-order valence-electron chi connectivity index (χ0n) is 32.4. The Bertz CT molecular complexity index is 1470. The predicted molar refractivity (Wildman–Crippen MR) is 226 cm³/mol. The number of alkyl halides is 1. The molecule has 0 radical (unpaired) electrons. The highest BCUT2D eigenvalue weighted by Crippen LogP contribution is 2.38. The summed E-state index contributed by atoms with van der Waals surface area (Å²) in [6.45, 7) is 14.7. The Morgan fingerprint density at radius 3 is 2.10 bits per heavy atom. The van der Waals surface area contributed by atoms with Gasteiger partial charge < -0.3 is 27.5 Å². The molecule has 5 rings (SSSR count). The maximum atomic E-state index is 7.35. The highest BCUT2D eigenvalue weighted by Gasteiger charge is 2.51. The van der Waals surface area contributed by atoms with Crippen LogP contribution in [-0.2, 0) is 29.4 Å². The first-order valence-electron chi connectivity index (χ1n) is 19.2. The SMILES string of the molecule is COc1ccc(CO[C@@H](CC[C@H]2C=C[C@@H](C)[C@H](CO[Si](c3ccccc3)(c3ccccc3)C(C)(C)C)O[Si](C)(C)O2)C[C@@H]2CCC[C@@H](CI)O2)cc1. The third kappa shape index (κ3) is 11.1. The van der Waals surface area contributed by atoms with E-state index in [-0.39, 0.29) is 35.4 Å². The van der Waals surface area contributed by atoms with Gasteiger partial charge in [-0.25, -0.2) is 0 Å². The summed E-state index contributed by atoms with van der Waals surface area (Å²) in [6, 6.07) is 29.9. The molecule has 0 amide bonds. The summed E-state index contributed by atoms with van der Waals surface area (Å²) in [5, 5.41) is 2.46. The Morgan fingerprint density at radius 1 is 0.865 bits per heavy atom. The molecule has 9 heteroatoms. The van der Waals surface area contributed by atoms with Crippen LogP contribution in [0.3, 0.4) is 0 Å². The van der Waals surface area contributed by atoms with E-state index in [0.29, 0.717) is 19.3 Å². The summed E-state index contributed by atoms with van der Waals surface area (Å²) in [7, 11) is -3.55. The molecular formula is C43H61IO6Si2. The van der Waals surface area contributed by atoms with Gasteiger partial charge in [0, 0.05) is 10.3 Å². The fourth-order valence-electron chi connectivity index (χ4n) is 7.75. The van der Waals surface area contributed by atoms with Crippen molar-refractivity contribution in [2.75, 3.05) is 18.1 Å². The molecule has 0 saturated carbocycles. The summed E-state index contributed by atoms with van der Waals surface area (Å²) < 4.78 is 40.7. The minimum atomic E-state index is -2.70. The summed E-state index contributed by atoms with van der Waals surface area (Å²) in [5.41, 5.74) is 1.14. The molecule has 0 aliphatic carbocycles. The van der Waals surface area contributed by atoms with Crippen LogP contribution in [0.15, 0.2) is 97.1 Å². The lowest BCUT2D eigenvalue weighted by Gasteiger charge is -2.45. The normalized spacial score (nSPS) is 24.5. The minimum Gasteiger partial charge on any atom is -0.497 e. The Balaban J connectivity index is 1.29. The second-order valence-corrected chi connectivity index (χ2v) is 24.4. The first-order chi connectivity index (χ1) is 24.9. The monoisotopic (exact) mass is 856 g/mol. The molecule has 3 aromatic carbocycles. The van der Waals surface area contributed by atoms with E-state index in [1.54, 1.807) is 7.11 Å². The molecule has 52 heavy (non-hydrogen) atoms. The van der Waals surface area contributed by atoms with Gasteiger partial charge in [-0.2, -0.15) is 0 Å². The van der Waals surface area contributed by atoms with Gasteiger partial charge in [0.15, 0.2) is 0 Å². The molecule has 0 aromatic heterocycles. The van der Waals surface area contributed by atoms with E-state index in [1.807, 2.05) is 12.1 Å². The summed E-state index contributed by atoms with van der Waals surface area (Å²) in [6.07, 6.45) is 11.2. The topological polar surface area (TPSA) is 55.4 Å². The summed E-state index contributed by atoms with van der Waals surface area (Å²) in [5.74, 6) is 1.02. The molecule has 284 valence electrons. The lowest BCUT2D eigenvalue weighted by atomic mass is 9.97. The number of benzene rings is 3. The van der Waals surface area contributed by atoms with Crippen molar-refractivity contribution in [3.05, 3.63) is 103 Å². The van der Waals surface area contributed by atoms with Crippen LogP contribution >= 0.6 is 22.6 Å². The molecule has 6 nitrogen and oxygen atoms in total. The van der Waals surface area contributed by atoms with Crippen LogP contribution in [0.2, 0.25) is 18.1 Å². The van der Waals surface area contributed by atoms with Gasteiger partial charge in [0.1, 0.15) is 5.75 Å². The lowest BCUT2D eigenvalue weighted by molar-refractivity contribution is -0.0747. The van der Waals surface area contributed by atoms with Crippen molar-refractivity contribution in [2.24, 2.45) is 5.92 Å². The zero-order chi connectivity index (χ0) is 37.2. The first-order valence-corrected chi connectivity index (χ1v) is 25.4. The third-order valence-electron chi connectivity index (χ3n) is 10.5. The lowest BCUT2D eigenvalue weighted by Crippen LogP contribution is -2.67. The number of methoxy groups -OCH3 is 1. The van der Waals surface area contributed by atoms with Gasteiger partial charge in [-0.15, -0.1) is 0 Å². The van der Waals surface area contributed by atoms with E-state index in [9.17, 15) is 0 Å². The van der Waals surface area contributed by atoms with E-state index in [1.165, 1.54) is 16.8 Å². The zero-order valence-corrected chi connectivity index (χ0v) is 36.6. The second kappa shape index (κ2) is 19.2. The van der Waals surface area contributed by atoms with Crippen LogP contribution in [0, 0.1) is 5.92 Å². The molecule has 0 unspecified atom stereocenters. The molecule has 1 fully saturated rings. The Kier molecular flexibility index (Phi) is 15.2. The van der Waals surface area contributed by atoms with Gasteiger partial charge in [0.25, 0.3) is 8.32 Å². The smallest absolute Gasteiger partial charge is 0.332 e. The van der Waals surface area contributed by atoms with Crippen molar-refractivity contribution in [2.45, 2.75) is 121 Å². The maximum Gasteiger partial charge on any atom is 0.332 e. The molecule has 2 aliphatic heterocycles. The van der Waals surface area contributed by atoms with Gasteiger partial charge in [0.05, 0.1) is 50.8 Å². The quantitative estimate of drug-likeness (QED) is 0.0658. The number of ether oxygens (including phenoxy) is 3. The molecule has 0 spiro atoms. The predicted octanol–water partition coefficient (Wildman–Crippen LogP) is 9.38. The summed E-state index contributed by atoms with van der Waals surface area (Å²) >= 11 is 2.45. The Morgan fingerprint density at radius 2 is 1.50 bits per heavy atom. The van der Waals surface area contributed by atoms with Crippen LogP contribution < -0.4 is 15.1 Å². The molecule has 2 heterocycles. The minimum absolute atomic E-state index is 0.0379. The Labute approximate surface area is 329 Å². The molecule has 0 bridgehead atoms. The summed E-state index contributed by atoms with van der Waals surface area (Å²) in [4.78, 5) is 0. The van der Waals surface area contributed by atoms with Crippen molar-refractivity contribution in [1.29, 1.82) is 0 Å². The third-order valence-corrected chi connectivity index (χ3v) is 18.2. The molecule has 2 aliphatic rings. The van der Waals surface area contributed by atoms with E-state index >= 15 is 0 Å². The van der Waals surface area contributed by atoms with Crippen molar-refractivity contribution in [3.8, 4) is 5.75 Å². The average molecular weight is 857 g/mol. The largest absolute Gasteiger partial charge is 0.497 e. The highest BCUT2D eigenvalue weighted by atomic mass is 127. The fourth-order valence-corrected chi connectivity index (χ4v) is 15.0. The van der Waals surface area contributed by atoms with Crippen LogP contribution in [0.1, 0.15) is 71.8 Å². The molecular weight excluding hydrogens is 796 g/mol. The number of rotatable bonds is 15. The maximum absolute atomic E-state index is 7.35. The molecule has 1 saturated heterocycles.